The number of carbonyl (C=O) groups excluding carboxylic acids is 9. The Morgan fingerprint density at radius 1 is 0.725 bits per heavy atom. The second kappa shape index (κ2) is 33.3. The number of ether oxygens (including phenoxy) is 3. The second-order valence-electron chi connectivity index (χ2n) is 22.0. The molecule has 4 N–H and O–H groups in total. The molecule has 20 nitrogen and oxygen atoms in total. The number of rotatable bonds is 33. The van der Waals surface area contributed by atoms with E-state index in [0.717, 1.165) is 16.0 Å². The molecule has 4 rings (SSSR count). The maximum atomic E-state index is 14.7. The second-order valence-corrected chi connectivity index (χ2v) is 22.0. The molecule has 0 spiro atoms. The molecule has 2 aromatic carbocycles. The third-order valence-electron chi connectivity index (χ3n) is 15.4. The summed E-state index contributed by atoms with van der Waals surface area (Å²) < 4.78 is 17.8. The minimum Gasteiger partial charge on any atom is -0.459 e. The van der Waals surface area contributed by atoms with Crippen molar-refractivity contribution in [2.75, 3.05) is 47.9 Å². The first kappa shape index (κ1) is 66.0. The largest absolute Gasteiger partial charge is 0.459 e. The fraction of sp³-hybridized carbons (Fsp3) is 0.617. The summed E-state index contributed by atoms with van der Waals surface area (Å²) in [6.07, 6.45) is 5.36. The molecule has 0 saturated carbocycles. The van der Waals surface area contributed by atoms with E-state index in [1.54, 1.807) is 30.8 Å². The van der Waals surface area contributed by atoms with E-state index in [1.165, 1.54) is 26.4 Å². The lowest BCUT2D eigenvalue weighted by molar-refractivity contribution is -0.151. The zero-order valence-corrected chi connectivity index (χ0v) is 49.1. The number of carbonyl (C=O) groups is 9. The van der Waals surface area contributed by atoms with Crippen LogP contribution in [0.2, 0.25) is 0 Å². The van der Waals surface area contributed by atoms with Crippen molar-refractivity contribution >= 4 is 53.2 Å². The Morgan fingerprint density at radius 2 is 1.32 bits per heavy atom. The quantitative estimate of drug-likeness (QED) is 0.0323. The Hall–Kier alpha value is -6.51. The van der Waals surface area contributed by atoms with Crippen molar-refractivity contribution in [3.63, 3.8) is 0 Å². The van der Waals surface area contributed by atoms with Gasteiger partial charge in [0.05, 0.1) is 42.7 Å². The first-order valence-corrected chi connectivity index (χ1v) is 28.4. The van der Waals surface area contributed by atoms with Gasteiger partial charge in [0.15, 0.2) is 0 Å². The average molecular weight is 1120 g/mol. The molecule has 2 heterocycles. The van der Waals surface area contributed by atoms with Gasteiger partial charge in [0.1, 0.15) is 18.7 Å². The fourth-order valence-corrected chi connectivity index (χ4v) is 10.7. The van der Waals surface area contributed by atoms with Crippen LogP contribution in [0.1, 0.15) is 124 Å². The van der Waals surface area contributed by atoms with Crippen LogP contribution in [0.4, 0.5) is 0 Å². The molecule has 9 atom stereocenters. The number of imide groups is 1. The molecule has 0 aliphatic carbocycles. The van der Waals surface area contributed by atoms with E-state index in [1.807, 2.05) is 107 Å². The summed E-state index contributed by atoms with van der Waals surface area (Å²) in [4.78, 5) is 126. The zero-order valence-electron chi connectivity index (χ0n) is 49.1. The van der Waals surface area contributed by atoms with E-state index >= 15 is 0 Å². The maximum absolute atomic E-state index is 14.7. The number of hydrogen-bond donors (Lipinski definition) is 4. The minimum absolute atomic E-state index is 0.0474. The highest BCUT2D eigenvalue weighted by molar-refractivity contribution is 6.12. The number of benzene rings is 2. The van der Waals surface area contributed by atoms with E-state index in [-0.39, 0.29) is 92.0 Å². The molecule has 0 radical (unpaired) electrons. The molecule has 2 aliphatic rings. The van der Waals surface area contributed by atoms with E-state index in [2.05, 4.69) is 21.5 Å². The average Bonchev–Trinajstić information content (AvgIpc) is 4.06. The summed E-state index contributed by atoms with van der Waals surface area (Å²) in [5.41, 5.74) is 6.52. The first-order chi connectivity index (χ1) is 38.1. The van der Waals surface area contributed by atoms with Gasteiger partial charge in [0.2, 0.25) is 35.4 Å². The van der Waals surface area contributed by atoms with Crippen LogP contribution >= 0.6 is 0 Å². The molecule has 1 fully saturated rings. The van der Waals surface area contributed by atoms with E-state index in [0.29, 0.717) is 58.0 Å². The van der Waals surface area contributed by atoms with Crippen LogP contribution in [0, 0.1) is 23.7 Å². The summed E-state index contributed by atoms with van der Waals surface area (Å²) in [6.45, 7) is 14.4. The molecule has 0 bridgehead atoms. The van der Waals surface area contributed by atoms with Crippen LogP contribution in [-0.2, 0) is 70.4 Å². The van der Waals surface area contributed by atoms with Crippen LogP contribution in [0.25, 0.3) is 0 Å². The summed E-state index contributed by atoms with van der Waals surface area (Å²) in [7, 11) is 6.51. The molecule has 1 saturated heterocycles. The van der Waals surface area contributed by atoms with Crippen LogP contribution in [0.5, 0.6) is 0 Å². The van der Waals surface area contributed by atoms with Crippen molar-refractivity contribution in [1.82, 2.24) is 41.1 Å². The number of esters is 1. The maximum Gasteiger partial charge on any atom is 0.329 e. The van der Waals surface area contributed by atoms with Crippen molar-refractivity contribution in [3.8, 4) is 0 Å². The number of hydrazine groups is 1. The molecule has 0 aromatic heterocycles. The van der Waals surface area contributed by atoms with Gasteiger partial charge in [-0.3, -0.25) is 59.0 Å². The van der Waals surface area contributed by atoms with E-state index in [4.69, 9.17) is 14.2 Å². The van der Waals surface area contributed by atoms with Crippen molar-refractivity contribution in [3.05, 3.63) is 83.9 Å². The van der Waals surface area contributed by atoms with Crippen molar-refractivity contribution in [1.29, 1.82) is 0 Å². The molecule has 80 heavy (non-hydrogen) atoms. The van der Waals surface area contributed by atoms with Gasteiger partial charge >= 0.3 is 5.97 Å². The molecule has 20 heteroatoms. The lowest BCUT2D eigenvalue weighted by Gasteiger charge is -2.41. The lowest BCUT2D eigenvalue weighted by atomic mass is 9.89. The molecule has 8 amide bonds. The van der Waals surface area contributed by atoms with Crippen LogP contribution in [-0.4, -0.2) is 163 Å². The SMILES string of the molecule is CCC(C)[C@@H]([C@@H](CC(=O)N1CCC[C@H]1C(OC)C(C)C(=O)N[C@@H](Cc1ccccc1)C(=O)OCc1ccccc1)OC)N(C)C(=O)[C@@H](NC(=O)C(C(C)C)N(C)CCCC(=O)NNC(=O)CCCCCN1C(=O)C=CC1=O)C(C)C. The molecular formula is C60H90N8O12. The lowest BCUT2D eigenvalue weighted by Crippen LogP contribution is -2.60. The van der Waals surface area contributed by atoms with E-state index in [9.17, 15) is 43.2 Å². The van der Waals surface area contributed by atoms with Gasteiger partial charge in [-0.05, 0) is 74.6 Å². The predicted molar refractivity (Wildman–Crippen MR) is 302 cm³/mol. The molecule has 2 aliphatic heterocycles. The monoisotopic (exact) mass is 1110 g/mol. The van der Waals surface area contributed by atoms with Crippen molar-refractivity contribution in [2.45, 2.75) is 168 Å². The summed E-state index contributed by atoms with van der Waals surface area (Å²) >= 11 is 0. The Kier molecular flexibility index (Phi) is 27.5. The molecule has 442 valence electrons. The summed E-state index contributed by atoms with van der Waals surface area (Å²) in [5.74, 6) is -4.73. The summed E-state index contributed by atoms with van der Waals surface area (Å²) in [5, 5.41) is 5.99. The van der Waals surface area contributed by atoms with Gasteiger partial charge in [-0.1, -0.05) is 122 Å². The normalized spacial score (nSPS) is 17.4. The van der Waals surface area contributed by atoms with Crippen LogP contribution in [0.15, 0.2) is 72.8 Å². The highest BCUT2D eigenvalue weighted by Gasteiger charge is 2.44. The van der Waals surface area contributed by atoms with Gasteiger partial charge in [-0.2, -0.15) is 0 Å². The Balaban J connectivity index is 1.35. The zero-order chi connectivity index (χ0) is 59.1. The van der Waals surface area contributed by atoms with Gasteiger partial charge in [-0.25, -0.2) is 4.79 Å². The number of likely N-dealkylation sites (tertiary alicyclic amines) is 1. The third kappa shape index (κ3) is 19.6. The van der Waals surface area contributed by atoms with Crippen molar-refractivity contribution < 1.29 is 57.4 Å². The number of methoxy groups -OCH3 is 2. The number of amides is 8. The smallest absolute Gasteiger partial charge is 0.329 e. The topological polar surface area (TPSA) is 242 Å². The Morgan fingerprint density at radius 3 is 1.89 bits per heavy atom. The number of likely N-dealkylation sites (N-methyl/N-ethyl adjacent to an activating group) is 2. The number of nitrogens with one attached hydrogen (secondary N) is 4. The predicted octanol–water partition coefficient (Wildman–Crippen LogP) is 4.89. The highest BCUT2D eigenvalue weighted by Crippen LogP contribution is 2.30. The molecular weight excluding hydrogens is 1020 g/mol. The van der Waals surface area contributed by atoms with Gasteiger partial charge < -0.3 is 34.6 Å². The number of nitrogens with zero attached hydrogens (tertiary/aromatic N) is 4. The summed E-state index contributed by atoms with van der Waals surface area (Å²) in [6, 6.07) is 15.1. The highest BCUT2D eigenvalue weighted by atomic mass is 16.5. The molecule has 2 aromatic rings. The first-order valence-electron chi connectivity index (χ1n) is 28.4. The van der Waals surface area contributed by atoms with Gasteiger partial charge in [-0.15, -0.1) is 0 Å². The van der Waals surface area contributed by atoms with Crippen LogP contribution in [0.3, 0.4) is 0 Å². The van der Waals surface area contributed by atoms with E-state index < -0.39 is 66.1 Å². The molecule has 4 unspecified atom stereocenters. The fourth-order valence-electron chi connectivity index (χ4n) is 10.7. The van der Waals surface area contributed by atoms with Gasteiger partial charge in [0.25, 0.3) is 11.8 Å². The van der Waals surface area contributed by atoms with Gasteiger partial charge in [0, 0.05) is 65.8 Å². The van der Waals surface area contributed by atoms with Crippen molar-refractivity contribution in [2.24, 2.45) is 23.7 Å². The number of hydrogen-bond acceptors (Lipinski definition) is 13. The standard InChI is InChI=1S/C60H90N8O12/c1-12-41(6)55(66(9)59(76)53(39(2)3)62-58(75)54(40(4)5)65(8)33-23-30-49(70)64-63-48(69)29-20-15-21-34-68-50(71)31-32-51(68)72)47(78-10)37-52(73)67-35-22-28-46(67)56(79-11)42(7)57(74)61-45(36-43-24-16-13-17-25-43)60(77)80-38-44-26-18-14-19-27-44/h13-14,16-19,24-27,31-32,39-42,45-47,53-56H,12,15,20-23,28-30,33-38H2,1-11H3,(H,61,74)(H,62,75)(H,63,69)(H,64,70)/t41?,42?,45-,46-,47+,53-,54?,55-,56?/m0/s1. The minimum atomic E-state index is -0.985. The Labute approximate surface area is 473 Å². The third-order valence-corrected chi connectivity index (χ3v) is 15.4. The number of unbranched alkanes of at least 4 members (excludes halogenated alkanes) is 2. The Bertz CT molecular complexity index is 2370. The van der Waals surface area contributed by atoms with Crippen LogP contribution < -0.4 is 21.5 Å².